The lowest BCUT2D eigenvalue weighted by molar-refractivity contribution is -0.154. The van der Waals surface area contributed by atoms with Crippen molar-refractivity contribution >= 4 is 11.9 Å². The van der Waals surface area contributed by atoms with E-state index in [0.29, 0.717) is 25.9 Å². The second kappa shape index (κ2) is 7.22. The zero-order chi connectivity index (χ0) is 15.2. The monoisotopic (exact) mass is 291 g/mol. The van der Waals surface area contributed by atoms with Gasteiger partial charge in [-0.2, -0.15) is 0 Å². The van der Waals surface area contributed by atoms with Crippen LogP contribution in [0.25, 0.3) is 0 Å². The summed E-state index contributed by atoms with van der Waals surface area (Å²) in [4.78, 5) is 25.0. The van der Waals surface area contributed by atoms with Gasteiger partial charge in [0.2, 0.25) is 0 Å². The Balaban J connectivity index is 1.89. The van der Waals surface area contributed by atoms with Gasteiger partial charge in [0.05, 0.1) is 0 Å². The number of carboxylic acids is 1. The second-order valence-corrected chi connectivity index (χ2v) is 5.18. The van der Waals surface area contributed by atoms with Gasteiger partial charge in [-0.05, 0) is 31.7 Å². The van der Waals surface area contributed by atoms with Crippen LogP contribution in [-0.4, -0.2) is 47.2 Å². The Kier molecular flexibility index (Phi) is 5.33. The van der Waals surface area contributed by atoms with E-state index < -0.39 is 18.2 Å². The van der Waals surface area contributed by atoms with E-state index in [0.717, 1.165) is 6.42 Å². The minimum absolute atomic E-state index is 0.0998. The first-order valence-corrected chi connectivity index (χ1v) is 7.32. The van der Waals surface area contributed by atoms with E-state index in [4.69, 9.17) is 9.84 Å². The van der Waals surface area contributed by atoms with Crippen LogP contribution in [0.15, 0.2) is 30.3 Å². The molecule has 21 heavy (non-hydrogen) atoms. The Hall–Kier alpha value is -1.88. The molecule has 0 bridgehead atoms. The number of rotatable bonds is 6. The second-order valence-electron chi connectivity index (χ2n) is 5.18. The van der Waals surface area contributed by atoms with Crippen LogP contribution in [-0.2, 0) is 20.7 Å². The van der Waals surface area contributed by atoms with Crippen LogP contribution in [0.3, 0.4) is 0 Å². The van der Waals surface area contributed by atoms with E-state index in [9.17, 15) is 9.59 Å². The summed E-state index contributed by atoms with van der Waals surface area (Å²) in [6.07, 6.45) is 0.225. The number of aliphatic carboxylic acids is 1. The number of benzene rings is 1. The van der Waals surface area contributed by atoms with Crippen LogP contribution in [0, 0.1) is 0 Å². The molecule has 0 radical (unpaired) electrons. The van der Waals surface area contributed by atoms with Gasteiger partial charge >= 0.3 is 5.97 Å². The maximum absolute atomic E-state index is 12.4. The van der Waals surface area contributed by atoms with Gasteiger partial charge in [-0.15, -0.1) is 0 Å². The van der Waals surface area contributed by atoms with Crippen molar-refractivity contribution in [2.75, 3.05) is 13.1 Å². The molecule has 1 aromatic carbocycles. The first-order valence-electron chi connectivity index (χ1n) is 7.32. The lowest BCUT2D eigenvalue weighted by atomic mass is 10.1. The topological polar surface area (TPSA) is 66.8 Å². The van der Waals surface area contributed by atoms with Crippen molar-refractivity contribution < 1.29 is 19.4 Å². The molecule has 1 aromatic rings. The summed E-state index contributed by atoms with van der Waals surface area (Å²) in [5, 5.41) is 8.91. The Morgan fingerprint density at radius 2 is 1.90 bits per heavy atom. The largest absolute Gasteiger partial charge is 0.479 e. The van der Waals surface area contributed by atoms with Crippen LogP contribution in [0.5, 0.6) is 0 Å². The Morgan fingerprint density at radius 1 is 1.24 bits per heavy atom. The highest BCUT2D eigenvalue weighted by molar-refractivity contribution is 5.82. The number of carbonyl (C=O) groups is 2. The fourth-order valence-corrected chi connectivity index (χ4v) is 2.54. The quantitative estimate of drug-likeness (QED) is 0.866. The smallest absolute Gasteiger partial charge is 0.332 e. The van der Waals surface area contributed by atoms with Gasteiger partial charge in [0.1, 0.15) is 6.10 Å². The summed E-state index contributed by atoms with van der Waals surface area (Å²) < 4.78 is 5.33. The highest BCUT2D eigenvalue weighted by atomic mass is 16.5. The molecule has 1 aliphatic heterocycles. The van der Waals surface area contributed by atoms with E-state index in [2.05, 4.69) is 0 Å². The molecule has 1 N–H and O–H groups in total. The van der Waals surface area contributed by atoms with Gasteiger partial charge in [0, 0.05) is 13.1 Å². The van der Waals surface area contributed by atoms with Crippen molar-refractivity contribution in [2.45, 2.75) is 38.4 Å². The highest BCUT2D eigenvalue weighted by Gasteiger charge is 2.36. The normalized spacial score (nSPS) is 21.2. The van der Waals surface area contributed by atoms with Gasteiger partial charge in [-0.3, -0.25) is 4.79 Å². The van der Waals surface area contributed by atoms with Crippen LogP contribution in [0.1, 0.15) is 25.3 Å². The van der Waals surface area contributed by atoms with E-state index in [-0.39, 0.29) is 5.91 Å². The van der Waals surface area contributed by atoms with Crippen LogP contribution < -0.4 is 0 Å². The summed E-state index contributed by atoms with van der Waals surface area (Å²) in [6.45, 7) is 3.15. The number of carboxylic acid groups (broad SMARTS) is 1. The molecule has 1 amide bonds. The first kappa shape index (κ1) is 15.5. The number of amides is 1. The number of ether oxygens (including phenoxy) is 1. The Labute approximate surface area is 124 Å². The molecule has 0 aromatic heterocycles. The Bertz CT molecular complexity index is 488. The lowest BCUT2D eigenvalue weighted by Crippen LogP contribution is -2.40. The van der Waals surface area contributed by atoms with Gasteiger partial charge in [-0.1, -0.05) is 30.3 Å². The maximum Gasteiger partial charge on any atom is 0.332 e. The summed E-state index contributed by atoms with van der Waals surface area (Å²) in [5.74, 6) is -1.09. The molecule has 0 saturated carbocycles. The predicted molar refractivity (Wildman–Crippen MR) is 77.9 cm³/mol. The molecule has 0 unspecified atom stereocenters. The molecule has 0 spiro atoms. The first-order chi connectivity index (χ1) is 10.1. The molecular weight excluding hydrogens is 270 g/mol. The van der Waals surface area contributed by atoms with Gasteiger partial charge in [0.15, 0.2) is 6.10 Å². The molecule has 1 heterocycles. The third kappa shape index (κ3) is 4.04. The SMILES string of the molecule is CCN(CCc1ccccc1)C(=O)[C@@H]1CC[C@H](C(=O)O)O1. The summed E-state index contributed by atoms with van der Waals surface area (Å²) in [5.41, 5.74) is 1.18. The third-order valence-electron chi connectivity index (χ3n) is 3.78. The molecule has 5 nitrogen and oxygen atoms in total. The predicted octanol–water partition coefficient (Wildman–Crippen LogP) is 1.71. The molecule has 114 valence electrons. The van der Waals surface area contributed by atoms with E-state index in [1.54, 1.807) is 4.90 Å². The molecule has 2 atom stereocenters. The highest BCUT2D eigenvalue weighted by Crippen LogP contribution is 2.21. The molecule has 1 fully saturated rings. The van der Waals surface area contributed by atoms with Crippen molar-refractivity contribution in [3.05, 3.63) is 35.9 Å². The number of hydrogen-bond acceptors (Lipinski definition) is 3. The van der Waals surface area contributed by atoms with Gasteiger partial charge in [-0.25, -0.2) is 4.79 Å². The molecule has 0 aliphatic carbocycles. The number of hydrogen-bond donors (Lipinski definition) is 1. The third-order valence-corrected chi connectivity index (χ3v) is 3.78. The number of likely N-dealkylation sites (N-methyl/N-ethyl adjacent to an activating group) is 1. The molecular formula is C16H21NO4. The van der Waals surface area contributed by atoms with E-state index >= 15 is 0 Å². The standard InChI is InChI=1S/C16H21NO4/c1-2-17(11-10-12-6-4-3-5-7-12)15(18)13-8-9-14(21-13)16(19)20/h3-7,13-14H,2,8-11H2,1H3,(H,19,20)/t13-,14+/m0/s1. The minimum atomic E-state index is -0.988. The minimum Gasteiger partial charge on any atom is -0.479 e. The Morgan fingerprint density at radius 3 is 2.48 bits per heavy atom. The molecule has 5 heteroatoms. The number of nitrogens with zero attached hydrogens (tertiary/aromatic N) is 1. The van der Waals surface area contributed by atoms with Gasteiger partial charge < -0.3 is 14.7 Å². The zero-order valence-electron chi connectivity index (χ0n) is 12.2. The van der Waals surface area contributed by atoms with Crippen molar-refractivity contribution in [1.82, 2.24) is 4.90 Å². The maximum atomic E-state index is 12.4. The average Bonchev–Trinajstić information content (AvgIpc) is 2.99. The molecule has 2 rings (SSSR count). The van der Waals surface area contributed by atoms with E-state index in [1.165, 1.54) is 5.56 Å². The van der Waals surface area contributed by atoms with Crippen molar-refractivity contribution in [2.24, 2.45) is 0 Å². The van der Waals surface area contributed by atoms with Crippen molar-refractivity contribution in [3.63, 3.8) is 0 Å². The molecule has 1 saturated heterocycles. The van der Waals surface area contributed by atoms with Crippen LogP contribution in [0.2, 0.25) is 0 Å². The average molecular weight is 291 g/mol. The van der Waals surface area contributed by atoms with Crippen LogP contribution in [0.4, 0.5) is 0 Å². The van der Waals surface area contributed by atoms with Gasteiger partial charge in [0.25, 0.3) is 5.91 Å². The fraction of sp³-hybridized carbons (Fsp3) is 0.500. The lowest BCUT2D eigenvalue weighted by Gasteiger charge is -2.24. The summed E-state index contributed by atoms with van der Waals surface area (Å²) in [7, 11) is 0. The van der Waals surface area contributed by atoms with Crippen molar-refractivity contribution in [1.29, 1.82) is 0 Å². The fourth-order valence-electron chi connectivity index (χ4n) is 2.54. The summed E-state index contributed by atoms with van der Waals surface area (Å²) in [6, 6.07) is 9.98. The van der Waals surface area contributed by atoms with Crippen molar-refractivity contribution in [3.8, 4) is 0 Å². The molecule has 1 aliphatic rings. The number of carbonyl (C=O) groups excluding carboxylic acids is 1. The van der Waals surface area contributed by atoms with Crippen LogP contribution >= 0.6 is 0 Å². The zero-order valence-corrected chi connectivity index (χ0v) is 12.2. The summed E-state index contributed by atoms with van der Waals surface area (Å²) >= 11 is 0. The van der Waals surface area contributed by atoms with E-state index in [1.807, 2.05) is 37.3 Å².